The Balaban J connectivity index is 1.91. The Morgan fingerprint density at radius 3 is 2.69 bits per heavy atom. The van der Waals surface area contributed by atoms with Gasteiger partial charge < -0.3 is 10.2 Å². The molecule has 1 atom stereocenters. The van der Waals surface area contributed by atoms with Crippen LogP contribution in [0.4, 0.5) is 14.6 Å². The SMILES string of the molecule is CSCc1cccc(F)c1-c1nc2c(cc1F)c(N1CCNC[C@@H]1C)nc(=O)n2-c1c(C)ccnc1C(C)C. The van der Waals surface area contributed by atoms with Crippen LogP contribution in [0, 0.1) is 18.6 Å². The summed E-state index contributed by atoms with van der Waals surface area (Å²) in [5, 5.41) is 3.73. The van der Waals surface area contributed by atoms with Gasteiger partial charge in [-0.1, -0.05) is 26.0 Å². The van der Waals surface area contributed by atoms with E-state index >= 15 is 8.78 Å². The van der Waals surface area contributed by atoms with E-state index < -0.39 is 17.3 Å². The first-order valence-corrected chi connectivity index (χ1v) is 14.5. The van der Waals surface area contributed by atoms with Crippen molar-refractivity contribution in [2.75, 3.05) is 30.8 Å². The van der Waals surface area contributed by atoms with E-state index in [4.69, 9.17) is 4.98 Å². The van der Waals surface area contributed by atoms with Crippen LogP contribution < -0.4 is 15.9 Å². The van der Waals surface area contributed by atoms with E-state index in [0.717, 1.165) is 5.56 Å². The van der Waals surface area contributed by atoms with E-state index in [1.54, 1.807) is 18.3 Å². The first-order chi connectivity index (χ1) is 18.7. The number of aryl methyl sites for hydroxylation is 1. The molecule has 10 heteroatoms. The molecule has 204 valence electrons. The van der Waals surface area contributed by atoms with Crippen LogP contribution in [0.2, 0.25) is 0 Å². The molecule has 0 spiro atoms. The zero-order valence-corrected chi connectivity index (χ0v) is 23.6. The molecule has 1 fully saturated rings. The molecule has 3 aromatic heterocycles. The summed E-state index contributed by atoms with van der Waals surface area (Å²) in [5.41, 5.74) is 2.37. The van der Waals surface area contributed by atoms with Crippen molar-refractivity contribution < 1.29 is 8.78 Å². The van der Waals surface area contributed by atoms with Crippen LogP contribution in [-0.4, -0.2) is 51.5 Å². The van der Waals surface area contributed by atoms with E-state index in [-0.39, 0.29) is 28.9 Å². The highest BCUT2D eigenvalue weighted by molar-refractivity contribution is 7.97. The zero-order chi connectivity index (χ0) is 27.8. The summed E-state index contributed by atoms with van der Waals surface area (Å²) in [5.74, 6) is -0.374. The Morgan fingerprint density at radius 2 is 1.97 bits per heavy atom. The van der Waals surface area contributed by atoms with Gasteiger partial charge in [-0.05, 0) is 55.3 Å². The Morgan fingerprint density at radius 1 is 1.18 bits per heavy atom. The number of anilines is 1. The highest BCUT2D eigenvalue weighted by Crippen LogP contribution is 2.35. The molecule has 0 bridgehead atoms. The van der Waals surface area contributed by atoms with Crippen LogP contribution in [0.1, 0.15) is 43.5 Å². The molecule has 0 radical (unpaired) electrons. The summed E-state index contributed by atoms with van der Waals surface area (Å²) < 4.78 is 32.7. The minimum Gasteiger partial charge on any atom is -0.351 e. The van der Waals surface area contributed by atoms with Crippen molar-refractivity contribution in [3.63, 3.8) is 0 Å². The van der Waals surface area contributed by atoms with Crippen molar-refractivity contribution in [3.05, 3.63) is 75.5 Å². The summed E-state index contributed by atoms with van der Waals surface area (Å²) in [4.78, 5) is 29.7. The lowest BCUT2D eigenvalue weighted by molar-refractivity contribution is 0.497. The quantitative estimate of drug-likeness (QED) is 0.353. The normalized spacial score (nSPS) is 15.9. The molecule has 1 N–H and O–H groups in total. The number of fused-ring (bicyclic) bond motifs is 1. The first kappa shape index (κ1) is 27.2. The molecule has 5 rings (SSSR count). The Kier molecular flexibility index (Phi) is 7.68. The highest BCUT2D eigenvalue weighted by Gasteiger charge is 2.28. The molecule has 39 heavy (non-hydrogen) atoms. The molecule has 7 nitrogen and oxygen atoms in total. The number of pyridine rings is 2. The fourth-order valence-electron chi connectivity index (χ4n) is 5.25. The van der Waals surface area contributed by atoms with E-state index in [1.165, 1.54) is 28.5 Å². The average Bonchev–Trinajstić information content (AvgIpc) is 2.89. The largest absolute Gasteiger partial charge is 0.355 e. The molecule has 0 aliphatic carbocycles. The summed E-state index contributed by atoms with van der Waals surface area (Å²) in [6.45, 7) is 9.92. The minimum absolute atomic E-state index is 0.00520. The van der Waals surface area contributed by atoms with Crippen LogP contribution in [0.5, 0.6) is 0 Å². The van der Waals surface area contributed by atoms with Crippen LogP contribution in [0.3, 0.4) is 0 Å². The second-order valence-corrected chi connectivity index (χ2v) is 11.1. The lowest BCUT2D eigenvalue weighted by atomic mass is 10.0. The standard InChI is InChI=1S/C29H32F2N6OS/c1-16(2)24-26(17(3)9-10-33-24)37-28-20(27(35-29(37)38)36-12-11-32-14-18(36)4)13-22(31)25(34-28)23-19(15-39-5)7-6-8-21(23)30/h6-10,13,16,18,32H,11-12,14-15H2,1-5H3/t18-/m0/s1. The van der Waals surface area contributed by atoms with E-state index in [2.05, 4.69) is 15.3 Å². The summed E-state index contributed by atoms with van der Waals surface area (Å²) in [6, 6.07) is 7.89. The van der Waals surface area contributed by atoms with Crippen LogP contribution in [0.15, 0.2) is 41.3 Å². The molecule has 0 saturated carbocycles. The number of rotatable bonds is 6. The predicted octanol–water partition coefficient (Wildman–Crippen LogP) is 5.21. The summed E-state index contributed by atoms with van der Waals surface area (Å²) >= 11 is 1.51. The molecule has 1 aliphatic rings. The second-order valence-electron chi connectivity index (χ2n) is 10.2. The number of aromatic nitrogens is 4. The van der Waals surface area contributed by atoms with Gasteiger partial charge in [0.1, 0.15) is 23.1 Å². The maximum Gasteiger partial charge on any atom is 0.355 e. The maximum atomic E-state index is 16.0. The lowest BCUT2D eigenvalue weighted by Gasteiger charge is -2.35. The Bertz CT molecular complexity index is 1610. The molecular formula is C29H32F2N6OS. The summed E-state index contributed by atoms with van der Waals surface area (Å²) in [7, 11) is 0. The van der Waals surface area contributed by atoms with Crippen molar-refractivity contribution in [1.82, 2.24) is 24.8 Å². The van der Waals surface area contributed by atoms with Gasteiger partial charge in [0.15, 0.2) is 5.65 Å². The topological polar surface area (TPSA) is 75.9 Å². The second kappa shape index (κ2) is 11.0. The van der Waals surface area contributed by atoms with Crippen molar-refractivity contribution >= 4 is 28.6 Å². The smallest absolute Gasteiger partial charge is 0.351 e. The number of halogens is 2. The maximum absolute atomic E-state index is 16.0. The molecule has 0 unspecified atom stereocenters. The zero-order valence-electron chi connectivity index (χ0n) is 22.8. The number of nitrogens with one attached hydrogen (secondary N) is 1. The first-order valence-electron chi connectivity index (χ1n) is 13.1. The van der Waals surface area contributed by atoms with E-state index in [9.17, 15) is 4.79 Å². The Labute approximate surface area is 230 Å². The van der Waals surface area contributed by atoms with E-state index in [0.29, 0.717) is 53.5 Å². The van der Waals surface area contributed by atoms with Crippen LogP contribution >= 0.6 is 11.8 Å². The van der Waals surface area contributed by atoms with Crippen LogP contribution in [0.25, 0.3) is 28.0 Å². The van der Waals surface area contributed by atoms with Gasteiger partial charge in [-0.25, -0.2) is 23.1 Å². The number of benzene rings is 1. The minimum atomic E-state index is -0.669. The van der Waals surface area contributed by atoms with Gasteiger partial charge in [-0.2, -0.15) is 16.7 Å². The van der Waals surface area contributed by atoms with Gasteiger partial charge in [-0.15, -0.1) is 0 Å². The third-order valence-electron chi connectivity index (χ3n) is 7.14. The Hall–Kier alpha value is -3.37. The van der Waals surface area contributed by atoms with Gasteiger partial charge >= 0.3 is 5.69 Å². The monoisotopic (exact) mass is 550 g/mol. The van der Waals surface area contributed by atoms with Gasteiger partial charge in [-0.3, -0.25) is 4.98 Å². The average molecular weight is 551 g/mol. The molecule has 4 aromatic rings. The predicted molar refractivity (Wildman–Crippen MR) is 154 cm³/mol. The van der Waals surface area contributed by atoms with Crippen molar-refractivity contribution in [3.8, 4) is 16.9 Å². The number of nitrogens with zero attached hydrogens (tertiary/aromatic N) is 5. The molecule has 4 heterocycles. The van der Waals surface area contributed by atoms with Crippen molar-refractivity contribution in [2.45, 2.75) is 45.4 Å². The van der Waals surface area contributed by atoms with Crippen LogP contribution in [-0.2, 0) is 5.75 Å². The number of piperazine rings is 1. The van der Waals surface area contributed by atoms with Gasteiger partial charge in [0.25, 0.3) is 0 Å². The molecular weight excluding hydrogens is 518 g/mol. The number of hydrogen-bond acceptors (Lipinski definition) is 7. The summed E-state index contributed by atoms with van der Waals surface area (Å²) in [6.07, 6.45) is 3.61. The van der Waals surface area contributed by atoms with Gasteiger partial charge in [0, 0.05) is 43.2 Å². The third-order valence-corrected chi connectivity index (χ3v) is 7.74. The lowest BCUT2D eigenvalue weighted by Crippen LogP contribution is -2.50. The molecule has 1 aliphatic heterocycles. The fourth-order valence-corrected chi connectivity index (χ4v) is 5.80. The number of hydrogen-bond donors (Lipinski definition) is 1. The van der Waals surface area contributed by atoms with E-state index in [1.807, 2.05) is 44.9 Å². The molecule has 1 aromatic carbocycles. The van der Waals surface area contributed by atoms with Crippen molar-refractivity contribution in [1.29, 1.82) is 0 Å². The fraction of sp³-hybridized carbons (Fsp3) is 0.379. The number of thioether (sulfide) groups is 1. The molecule has 1 saturated heterocycles. The van der Waals surface area contributed by atoms with Gasteiger partial charge in [0.05, 0.1) is 16.8 Å². The molecule has 0 amide bonds. The third kappa shape index (κ3) is 4.91. The van der Waals surface area contributed by atoms with Gasteiger partial charge in [0.2, 0.25) is 0 Å². The van der Waals surface area contributed by atoms with Crippen molar-refractivity contribution in [2.24, 2.45) is 0 Å². The highest BCUT2D eigenvalue weighted by atomic mass is 32.2.